The van der Waals surface area contributed by atoms with Crippen molar-refractivity contribution in [2.24, 2.45) is 5.92 Å². The van der Waals surface area contributed by atoms with Crippen LogP contribution in [0.5, 0.6) is 0 Å². The Morgan fingerprint density at radius 2 is 2.00 bits per heavy atom. The average Bonchev–Trinajstić information content (AvgIpc) is 2.87. The molecular formula is C17H32N2O. The molecule has 1 aromatic rings. The van der Waals surface area contributed by atoms with Gasteiger partial charge in [-0.3, -0.25) is 0 Å². The van der Waals surface area contributed by atoms with Gasteiger partial charge in [0.1, 0.15) is 0 Å². The van der Waals surface area contributed by atoms with Gasteiger partial charge in [0.15, 0.2) is 0 Å². The molecule has 116 valence electrons. The smallest absolute Gasteiger partial charge is 0.0645 e. The highest BCUT2D eigenvalue weighted by molar-refractivity contribution is 5.16. The minimum Gasteiger partial charge on any atom is -0.380 e. The number of hydrogen-bond acceptors (Lipinski definition) is 2. The van der Waals surface area contributed by atoms with Gasteiger partial charge in [-0.1, -0.05) is 34.1 Å². The van der Waals surface area contributed by atoms with E-state index in [-0.39, 0.29) is 0 Å². The van der Waals surface area contributed by atoms with Gasteiger partial charge in [0.05, 0.1) is 6.61 Å². The lowest BCUT2D eigenvalue weighted by Gasteiger charge is -2.21. The molecule has 3 heteroatoms. The number of hydrogen-bond donors (Lipinski definition) is 1. The van der Waals surface area contributed by atoms with E-state index in [9.17, 15) is 0 Å². The highest BCUT2D eigenvalue weighted by Crippen LogP contribution is 2.21. The molecule has 3 nitrogen and oxygen atoms in total. The summed E-state index contributed by atoms with van der Waals surface area (Å²) in [5.74, 6) is 0.609. The second-order valence-electron chi connectivity index (χ2n) is 5.82. The van der Waals surface area contributed by atoms with Gasteiger partial charge in [-0.05, 0) is 36.9 Å². The molecule has 0 saturated heterocycles. The maximum Gasteiger partial charge on any atom is 0.0645 e. The molecular weight excluding hydrogens is 248 g/mol. The van der Waals surface area contributed by atoms with E-state index in [1.165, 1.54) is 18.4 Å². The van der Waals surface area contributed by atoms with E-state index in [1.54, 1.807) is 0 Å². The highest BCUT2D eigenvalue weighted by atomic mass is 16.5. The summed E-state index contributed by atoms with van der Waals surface area (Å²) < 4.78 is 7.86. The SMILES string of the molecule is CCCCOCCn1ccc(C(NCCC)C(C)C)c1. The predicted octanol–water partition coefficient (Wildman–Crippen LogP) is 4.00. The summed E-state index contributed by atoms with van der Waals surface area (Å²) in [4.78, 5) is 0. The van der Waals surface area contributed by atoms with E-state index < -0.39 is 0 Å². The fraction of sp³-hybridized carbons (Fsp3) is 0.765. The Kier molecular flexibility index (Phi) is 8.63. The van der Waals surface area contributed by atoms with Crippen molar-refractivity contribution in [3.05, 3.63) is 24.0 Å². The predicted molar refractivity (Wildman–Crippen MR) is 86.0 cm³/mol. The molecule has 0 aliphatic heterocycles. The lowest BCUT2D eigenvalue weighted by Crippen LogP contribution is -2.26. The molecule has 0 aliphatic rings. The van der Waals surface area contributed by atoms with E-state index in [0.29, 0.717) is 12.0 Å². The fourth-order valence-corrected chi connectivity index (χ4v) is 2.34. The molecule has 1 heterocycles. The van der Waals surface area contributed by atoms with Crippen LogP contribution in [0.15, 0.2) is 18.5 Å². The first-order valence-corrected chi connectivity index (χ1v) is 8.15. The van der Waals surface area contributed by atoms with Crippen LogP contribution in [0, 0.1) is 5.92 Å². The molecule has 1 aromatic heterocycles. The van der Waals surface area contributed by atoms with Crippen molar-refractivity contribution in [3.63, 3.8) is 0 Å². The lowest BCUT2D eigenvalue weighted by atomic mass is 9.98. The van der Waals surface area contributed by atoms with Crippen molar-refractivity contribution in [3.8, 4) is 0 Å². The third kappa shape index (κ3) is 6.10. The quantitative estimate of drug-likeness (QED) is 0.620. The summed E-state index contributed by atoms with van der Waals surface area (Å²) in [7, 11) is 0. The van der Waals surface area contributed by atoms with Crippen LogP contribution in [0.4, 0.5) is 0 Å². The summed E-state index contributed by atoms with van der Waals surface area (Å²) in [5.41, 5.74) is 1.39. The van der Waals surface area contributed by atoms with E-state index in [4.69, 9.17) is 4.74 Å². The lowest BCUT2D eigenvalue weighted by molar-refractivity contribution is 0.123. The molecule has 1 rings (SSSR count). The van der Waals surface area contributed by atoms with Crippen LogP contribution in [-0.4, -0.2) is 24.3 Å². The van der Waals surface area contributed by atoms with Crippen LogP contribution in [0.1, 0.15) is 58.6 Å². The Balaban J connectivity index is 2.43. The number of nitrogens with zero attached hydrogens (tertiary/aromatic N) is 1. The van der Waals surface area contributed by atoms with Gasteiger partial charge < -0.3 is 14.6 Å². The number of nitrogens with one attached hydrogen (secondary N) is 1. The molecule has 1 N–H and O–H groups in total. The maximum atomic E-state index is 5.62. The average molecular weight is 280 g/mol. The van der Waals surface area contributed by atoms with E-state index >= 15 is 0 Å². The van der Waals surface area contributed by atoms with E-state index in [2.05, 4.69) is 56.0 Å². The number of rotatable bonds is 11. The second kappa shape index (κ2) is 10.0. The van der Waals surface area contributed by atoms with Crippen LogP contribution in [0.2, 0.25) is 0 Å². The third-order valence-electron chi connectivity index (χ3n) is 3.55. The monoisotopic (exact) mass is 280 g/mol. The molecule has 1 unspecified atom stereocenters. The zero-order valence-corrected chi connectivity index (χ0v) is 13.7. The van der Waals surface area contributed by atoms with Crippen molar-refractivity contribution in [1.82, 2.24) is 9.88 Å². The number of unbranched alkanes of at least 4 members (excludes halogenated alkanes) is 1. The Labute approximate surface area is 124 Å². The van der Waals surface area contributed by atoms with Crippen LogP contribution in [0.3, 0.4) is 0 Å². The Morgan fingerprint density at radius 3 is 2.65 bits per heavy atom. The zero-order valence-electron chi connectivity index (χ0n) is 13.7. The van der Waals surface area contributed by atoms with Gasteiger partial charge in [0.25, 0.3) is 0 Å². The van der Waals surface area contributed by atoms with Crippen molar-refractivity contribution in [2.75, 3.05) is 19.8 Å². The van der Waals surface area contributed by atoms with Crippen molar-refractivity contribution in [1.29, 1.82) is 0 Å². The van der Waals surface area contributed by atoms with Crippen LogP contribution < -0.4 is 5.32 Å². The molecule has 0 radical (unpaired) electrons. The maximum absolute atomic E-state index is 5.62. The number of ether oxygens (including phenoxy) is 1. The fourth-order valence-electron chi connectivity index (χ4n) is 2.34. The first kappa shape index (κ1) is 17.3. The van der Waals surface area contributed by atoms with Gasteiger partial charge in [-0.15, -0.1) is 0 Å². The Morgan fingerprint density at radius 1 is 1.20 bits per heavy atom. The molecule has 0 aromatic carbocycles. The summed E-state index contributed by atoms with van der Waals surface area (Å²) in [6.07, 6.45) is 7.97. The van der Waals surface area contributed by atoms with E-state index in [0.717, 1.165) is 32.7 Å². The largest absolute Gasteiger partial charge is 0.380 e. The van der Waals surface area contributed by atoms with Gasteiger partial charge in [-0.2, -0.15) is 0 Å². The van der Waals surface area contributed by atoms with Crippen molar-refractivity contribution < 1.29 is 4.74 Å². The van der Waals surface area contributed by atoms with Crippen molar-refractivity contribution >= 4 is 0 Å². The Hall–Kier alpha value is -0.800. The topological polar surface area (TPSA) is 26.2 Å². The first-order chi connectivity index (χ1) is 9.69. The first-order valence-electron chi connectivity index (χ1n) is 8.15. The number of aromatic nitrogens is 1. The third-order valence-corrected chi connectivity index (χ3v) is 3.55. The minimum atomic E-state index is 0.456. The van der Waals surface area contributed by atoms with Gasteiger partial charge in [0.2, 0.25) is 0 Å². The zero-order chi connectivity index (χ0) is 14.8. The Bertz CT molecular complexity index is 347. The normalized spacial score (nSPS) is 13.1. The van der Waals surface area contributed by atoms with Crippen LogP contribution in [-0.2, 0) is 11.3 Å². The van der Waals surface area contributed by atoms with Gasteiger partial charge in [-0.25, -0.2) is 0 Å². The molecule has 0 amide bonds. The molecule has 0 aliphatic carbocycles. The van der Waals surface area contributed by atoms with E-state index in [1.807, 2.05) is 0 Å². The standard InChI is InChI=1S/C17H32N2O/c1-5-7-12-20-13-11-19-10-8-16(14-19)17(15(3)4)18-9-6-2/h8,10,14-15,17-18H,5-7,9,11-13H2,1-4H3. The summed E-state index contributed by atoms with van der Waals surface area (Å²) in [6.45, 7) is 12.7. The van der Waals surface area contributed by atoms with Crippen LogP contribution in [0.25, 0.3) is 0 Å². The molecule has 1 atom stereocenters. The van der Waals surface area contributed by atoms with Crippen LogP contribution >= 0.6 is 0 Å². The van der Waals surface area contributed by atoms with Crippen molar-refractivity contribution in [2.45, 2.75) is 59.5 Å². The second-order valence-corrected chi connectivity index (χ2v) is 5.82. The molecule has 0 fully saturated rings. The van der Waals surface area contributed by atoms with Gasteiger partial charge >= 0.3 is 0 Å². The summed E-state index contributed by atoms with van der Waals surface area (Å²) >= 11 is 0. The highest BCUT2D eigenvalue weighted by Gasteiger charge is 2.15. The molecule has 20 heavy (non-hydrogen) atoms. The minimum absolute atomic E-state index is 0.456. The van der Waals surface area contributed by atoms with Gasteiger partial charge in [0, 0.05) is 31.6 Å². The summed E-state index contributed by atoms with van der Waals surface area (Å²) in [6, 6.07) is 2.69. The molecule has 0 saturated carbocycles. The summed E-state index contributed by atoms with van der Waals surface area (Å²) in [5, 5.41) is 3.64. The molecule has 0 spiro atoms. The molecule has 0 bridgehead atoms.